The molecule has 0 aliphatic carbocycles. The fraction of sp³-hybridized carbons (Fsp3) is 0.889. The maximum atomic E-state index is 11.2. The number of ether oxygens (including phenoxy) is 1. The van der Waals surface area contributed by atoms with Gasteiger partial charge in [-0.25, -0.2) is 0 Å². The molecule has 4 heteroatoms. The molecule has 0 aromatic rings. The number of rotatable bonds is 1. The minimum atomic E-state index is -1.30. The largest absolute Gasteiger partial charge is 0.387 e. The van der Waals surface area contributed by atoms with Gasteiger partial charge in [-0.15, -0.1) is 0 Å². The monoisotopic (exact) mass is 188 g/mol. The zero-order valence-corrected chi connectivity index (χ0v) is 8.10. The van der Waals surface area contributed by atoms with Crippen molar-refractivity contribution in [2.24, 2.45) is 5.92 Å². The lowest BCUT2D eigenvalue weighted by Crippen LogP contribution is -2.55. The molecule has 0 radical (unpaired) electrons. The summed E-state index contributed by atoms with van der Waals surface area (Å²) in [5, 5.41) is 18.9. The van der Waals surface area contributed by atoms with E-state index in [2.05, 4.69) is 0 Å². The number of aliphatic hydroxyl groups is 2. The topological polar surface area (TPSA) is 66.8 Å². The standard InChI is InChI=1S/C9H16O4/c1-4(2)9-8(12)7(11)6(10)5(3)13-9/h4-5,7-9,11-12H,1-3H3/t5?,7?,8-,9+/m1/s1. The van der Waals surface area contributed by atoms with Crippen LogP contribution in [0.1, 0.15) is 20.8 Å². The first-order chi connectivity index (χ1) is 5.95. The van der Waals surface area contributed by atoms with Crippen molar-refractivity contribution in [1.29, 1.82) is 0 Å². The molecule has 4 atom stereocenters. The summed E-state index contributed by atoms with van der Waals surface area (Å²) in [6.07, 6.45) is -3.46. The van der Waals surface area contributed by atoms with Gasteiger partial charge in [0.25, 0.3) is 0 Å². The molecular weight excluding hydrogens is 172 g/mol. The number of Topliss-reactive ketones (excluding diaryl/α,β-unsaturated/α-hetero) is 1. The Morgan fingerprint density at radius 1 is 1.38 bits per heavy atom. The molecule has 1 heterocycles. The number of carbonyl (C=O) groups excluding carboxylic acids is 1. The van der Waals surface area contributed by atoms with Crippen LogP contribution >= 0.6 is 0 Å². The molecule has 1 fully saturated rings. The van der Waals surface area contributed by atoms with Crippen molar-refractivity contribution in [1.82, 2.24) is 0 Å². The fourth-order valence-corrected chi connectivity index (χ4v) is 1.52. The molecule has 0 aromatic heterocycles. The number of hydrogen-bond acceptors (Lipinski definition) is 4. The third kappa shape index (κ3) is 1.90. The van der Waals surface area contributed by atoms with Crippen molar-refractivity contribution >= 4 is 5.78 Å². The molecule has 0 spiro atoms. The van der Waals surface area contributed by atoms with Gasteiger partial charge in [0.15, 0.2) is 5.78 Å². The van der Waals surface area contributed by atoms with Crippen LogP contribution in [0.3, 0.4) is 0 Å². The first kappa shape index (κ1) is 10.6. The molecule has 4 nitrogen and oxygen atoms in total. The molecule has 2 unspecified atom stereocenters. The summed E-state index contributed by atoms with van der Waals surface area (Å²) in [5.74, 6) is -0.357. The van der Waals surface area contributed by atoms with Crippen molar-refractivity contribution in [3.8, 4) is 0 Å². The van der Waals surface area contributed by atoms with Gasteiger partial charge in [-0.2, -0.15) is 0 Å². The summed E-state index contributed by atoms with van der Waals surface area (Å²) >= 11 is 0. The lowest BCUT2D eigenvalue weighted by molar-refractivity contribution is -0.186. The van der Waals surface area contributed by atoms with Gasteiger partial charge in [0, 0.05) is 0 Å². The summed E-state index contributed by atoms with van der Waals surface area (Å²) in [4.78, 5) is 11.2. The SMILES string of the molecule is CC1O[C@@H](C(C)C)[C@H](O)C(O)C1=O. The maximum Gasteiger partial charge on any atom is 0.192 e. The van der Waals surface area contributed by atoms with Crippen LogP contribution in [-0.4, -0.2) is 40.4 Å². The van der Waals surface area contributed by atoms with E-state index >= 15 is 0 Å². The van der Waals surface area contributed by atoms with Crippen LogP contribution in [-0.2, 0) is 9.53 Å². The first-order valence-electron chi connectivity index (χ1n) is 4.50. The van der Waals surface area contributed by atoms with Gasteiger partial charge in [0.2, 0.25) is 0 Å². The van der Waals surface area contributed by atoms with E-state index in [9.17, 15) is 15.0 Å². The van der Waals surface area contributed by atoms with Gasteiger partial charge in [-0.1, -0.05) is 13.8 Å². The van der Waals surface area contributed by atoms with Crippen molar-refractivity contribution in [2.75, 3.05) is 0 Å². The highest BCUT2D eigenvalue weighted by Gasteiger charge is 2.42. The molecule has 1 aliphatic rings. The normalized spacial score (nSPS) is 41.2. The minimum Gasteiger partial charge on any atom is -0.387 e. The molecule has 0 amide bonds. The zero-order valence-electron chi connectivity index (χ0n) is 8.10. The molecule has 1 rings (SSSR count). The van der Waals surface area contributed by atoms with E-state index in [1.807, 2.05) is 13.8 Å². The summed E-state index contributed by atoms with van der Waals surface area (Å²) < 4.78 is 5.28. The summed E-state index contributed by atoms with van der Waals surface area (Å²) in [6, 6.07) is 0. The third-order valence-corrected chi connectivity index (χ3v) is 2.37. The average Bonchev–Trinajstić information content (AvgIpc) is 2.07. The highest BCUT2D eigenvalue weighted by molar-refractivity contribution is 5.88. The van der Waals surface area contributed by atoms with Crippen LogP contribution < -0.4 is 0 Å². The quantitative estimate of drug-likeness (QED) is 0.594. The highest BCUT2D eigenvalue weighted by Crippen LogP contribution is 2.22. The Bertz CT molecular complexity index is 202. The Kier molecular flexibility index (Phi) is 3.05. The van der Waals surface area contributed by atoms with Gasteiger partial charge in [-0.3, -0.25) is 4.79 Å². The summed E-state index contributed by atoms with van der Waals surface area (Å²) in [7, 11) is 0. The van der Waals surface area contributed by atoms with Gasteiger partial charge >= 0.3 is 0 Å². The molecular formula is C9H16O4. The van der Waals surface area contributed by atoms with E-state index in [1.165, 1.54) is 0 Å². The van der Waals surface area contributed by atoms with E-state index < -0.39 is 30.2 Å². The van der Waals surface area contributed by atoms with Gasteiger partial charge in [-0.05, 0) is 12.8 Å². The first-order valence-corrected chi connectivity index (χ1v) is 4.50. The van der Waals surface area contributed by atoms with Crippen LogP contribution in [0.4, 0.5) is 0 Å². The van der Waals surface area contributed by atoms with Crippen molar-refractivity contribution < 1.29 is 19.7 Å². The Morgan fingerprint density at radius 2 is 1.92 bits per heavy atom. The lowest BCUT2D eigenvalue weighted by Gasteiger charge is -2.36. The Morgan fingerprint density at radius 3 is 2.38 bits per heavy atom. The number of hydrogen-bond donors (Lipinski definition) is 2. The van der Waals surface area contributed by atoms with Crippen LogP contribution in [0.15, 0.2) is 0 Å². The molecule has 13 heavy (non-hydrogen) atoms. The third-order valence-electron chi connectivity index (χ3n) is 2.37. The highest BCUT2D eigenvalue weighted by atomic mass is 16.5. The number of ketones is 1. The Hall–Kier alpha value is -0.450. The predicted molar refractivity (Wildman–Crippen MR) is 46.2 cm³/mol. The molecule has 1 aliphatic heterocycles. The fourth-order valence-electron chi connectivity index (χ4n) is 1.52. The van der Waals surface area contributed by atoms with Crippen molar-refractivity contribution in [3.63, 3.8) is 0 Å². The predicted octanol–water partition coefficient (Wildman–Crippen LogP) is -0.279. The van der Waals surface area contributed by atoms with Gasteiger partial charge in [0.05, 0.1) is 6.10 Å². The zero-order chi connectivity index (χ0) is 10.2. The smallest absolute Gasteiger partial charge is 0.192 e. The molecule has 1 saturated heterocycles. The van der Waals surface area contributed by atoms with E-state index in [1.54, 1.807) is 6.92 Å². The van der Waals surface area contributed by atoms with E-state index in [-0.39, 0.29) is 5.92 Å². The molecule has 0 aromatic carbocycles. The van der Waals surface area contributed by atoms with Crippen molar-refractivity contribution in [2.45, 2.75) is 45.2 Å². The van der Waals surface area contributed by atoms with E-state index in [0.29, 0.717) is 0 Å². The molecule has 0 bridgehead atoms. The Labute approximate surface area is 77.5 Å². The second-order valence-electron chi connectivity index (χ2n) is 3.82. The minimum absolute atomic E-state index is 0.0835. The van der Waals surface area contributed by atoms with E-state index in [0.717, 1.165) is 0 Å². The Balaban J connectivity index is 2.76. The average molecular weight is 188 g/mol. The summed E-state index contributed by atoms with van der Waals surface area (Å²) in [6.45, 7) is 5.35. The van der Waals surface area contributed by atoms with Gasteiger partial charge in [0.1, 0.15) is 18.3 Å². The van der Waals surface area contributed by atoms with Crippen LogP contribution in [0.25, 0.3) is 0 Å². The van der Waals surface area contributed by atoms with Crippen molar-refractivity contribution in [3.05, 3.63) is 0 Å². The van der Waals surface area contributed by atoms with Gasteiger partial charge < -0.3 is 14.9 Å². The maximum absolute atomic E-state index is 11.2. The van der Waals surface area contributed by atoms with Crippen LogP contribution in [0.2, 0.25) is 0 Å². The molecule has 76 valence electrons. The molecule has 2 N–H and O–H groups in total. The van der Waals surface area contributed by atoms with E-state index in [4.69, 9.17) is 4.74 Å². The van der Waals surface area contributed by atoms with Crippen LogP contribution in [0, 0.1) is 5.92 Å². The number of carbonyl (C=O) groups is 1. The lowest BCUT2D eigenvalue weighted by atomic mass is 9.91. The van der Waals surface area contributed by atoms with Crippen LogP contribution in [0.5, 0.6) is 0 Å². The second-order valence-corrected chi connectivity index (χ2v) is 3.82. The molecule has 0 saturated carbocycles. The number of aliphatic hydroxyl groups excluding tert-OH is 2. The second kappa shape index (κ2) is 3.74. The summed E-state index contributed by atoms with van der Waals surface area (Å²) in [5.41, 5.74) is 0.